The maximum Gasteiger partial charge on any atom is 0.257 e. The number of piperazine rings is 1. The van der Waals surface area contributed by atoms with Crippen LogP contribution < -0.4 is 14.2 Å². The standard InChI is InChI=1S/C23H28N2O4/c1-27-20-12-11-19(21(28-2)22(20)29-3)23(26)25-16-14-24(15-17-25)13-7-10-18-8-5-4-6-9-18/h4-12H,13-17H2,1-3H3/b10-7+. The molecule has 1 fully saturated rings. The number of nitrogens with zero attached hydrogens (tertiary/aromatic N) is 2. The van der Waals surface area contributed by atoms with E-state index in [1.807, 2.05) is 23.1 Å². The molecule has 154 valence electrons. The maximum atomic E-state index is 13.1. The normalized spacial score (nSPS) is 14.8. The minimum Gasteiger partial charge on any atom is -0.493 e. The van der Waals surface area contributed by atoms with Crippen molar-refractivity contribution in [2.24, 2.45) is 0 Å². The van der Waals surface area contributed by atoms with Crippen molar-refractivity contribution >= 4 is 12.0 Å². The Hall–Kier alpha value is -2.99. The van der Waals surface area contributed by atoms with E-state index in [1.165, 1.54) is 19.8 Å². The van der Waals surface area contributed by atoms with Crippen molar-refractivity contribution in [1.29, 1.82) is 0 Å². The predicted molar refractivity (Wildman–Crippen MR) is 114 cm³/mol. The van der Waals surface area contributed by atoms with Crippen molar-refractivity contribution in [1.82, 2.24) is 9.80 Å². The molecule has 1 aliphatic rings. The lowest BCUT2D eigenvalue weighted by Gasteiger charge is -2.34. The minimum atomic E-state index is -0.0534. The van der Waals surface area contributed by atoms with Gasteiger partial charge in [-0.2, -0.15) is 0 Å². The van der Waals surface area contributed by atoms with Gasteiger partial charge in [-0.1, -0.05) is 42.5 Å². The van der Waals surface area contributed by atoms with Gasteiger partial charge in [0.25, 0.3) is 5.91 Å². The number of carbonyl (C=O) groups is 1. The van der Waals surface area contributed by atoms with Crippen LogP contribution in [0.2, 0.25) is 0 Å². The number of rotatable bonds is 7. The van der Waals surface area contributed by atoms with Gasteiger partial charge in [-0.25, -0.2) is 0 Å². The average Bonchev–Trinajstić information content (AvgIpc) is 2.78. The van der Waals surface area contributed by atoms with Crippen LogP contribution >= 0.6 is 0 Å². The summed E-state index contributed by atoms with van der Waals surface area (Å²) in [4.78, 5) is 17.3. The molecular weight excluding hydrogens is 368 g/mol. The fourth-order valence-corrected chi connectivity index (χ4v) is 3.48. The van der Waals surface area contributed by atoms with E-state index in [4.69, 9.17) is 14.2 Å². The number of carbonyl (C=O) groups excluding carboxylic acids is 1. The predicted octanol–water partition coefficient (Wildman–Crippen LogP) is 3.18. The highest BCUT2D eigenvalue weighted by atomic mass is 16.5. The largest absolute Gasteiger partial charge is 0.493 e. The monoisotopic (exact) mass is 396 g/mol. The van der Waals surface area contributed by atoms with Crippen LogP contribution in [0.5, 0.6) is 17.2 Å². The highest BCUT2D eigenvalue weighted by Crippen LogP contribution is 2.40. The average molecular weight is 396 g/mol. The van der Waals surface area contributed by atoms with Crippen molar-refractivity contribution < 1.29 is 19.0 Å². The Morgan fingerprint density at radius 1 is 0.897 bits per heavy atom. The summed E-state index contributed by atoms with van der Waals surface area (Å²) in [6, 6.07) is 13.7. The molecule has 0 saturated carbocycles. The number of amides is 1. The smallest absolute Gasteiger partial charge is 0.257 e. The Labute approximate surface area is 172 Å². The third-order valence-electron chi connectivity index (χ3n) is 5.07. The molecule has 1 aliphatic heterocycles. The van der Waals surface area contributed by atoms with Crippen LogP contribution in [0, 0.1) is 0 Å². The molecule has 29 heavy (non-hydrogen) atoms. The quantitative estimate of drug-likeness (QED) is 0.720. The summed E-state index contributed by atoms with van der Waals surface area (Å²) in [6.07, 6.45) is 4.30. The molecule has 0 N–H and O–H groups in total. The van der Waals surface area contributed by atoms with Gasteiger partial charge in [0.05, 0.1) is 26.9 Å². The number of methoxy groups -OCH3 is 3. The molecule has 6 nitrogen and oxygen atoms in total. The van der Waals surface area contributed by atoms with Gasteiger partial charge in [-0.3, -0.25) is 9.69 Å². The summed E-state index contributed by atoms with van der Waals surface area (Å²) in [7, 11) is 4.63. The van der Waals surface area contributed by atoms with Crippen LogP contribution in [0.25, 0.3) is 6.08 Å². The second-order valence-corrected chi connectivity index (χ2v) is 6.79. The molecule has 6 heteroatoms. The molecule has 0 aromatic heterocycles. The SMILES string of the molecule is COc1ccc(C(=O)N2CCN(C/C=C/c3ccccc3)CC2)c(OC)c1OC. The van der Waals surface area contributed by atoms with Gasteiger partial charge in [0, 0.05) is 32.7 Å². The van der Waals surface area contributed by atoms with Crippen LogP contribution in [-0.4, -0.2) is 69.8 Å². The van der Waals surface area contributed by atoms with Crippen molar-refractivity contribution in [2.45, 2.75) is 0 Å². The van der Waals surface area contributed by atoms with Crippen LogP contribution in [0.4, 0.5) is 0 Å². The van der Waals surface area contributed by atoms with Crippen LogP contribution in [0.3, 0.4) is 0 Å². The zero-order valence-electron chi connectivity index (χ0n) is 17.3. The van der Waals surface area contributed by atoms with E-state index in [2.05, 4.69) is 29.2 Å². The molecule has 1 saturated heterocycles. The summed E-state index contributed by atoms with van der Waals surface area (Å²) >= 11 is 0. The Bertz CT molecular complexity index is 843. The van der Waals surface area contributed by atoms with E-state index in [-0.39, 0.29) is 5.91 Å². The molecule has 2 aromatic carbocycles. The van der Waals surface area contributed by atoms with E-state index in [1.54, 1.807) is 19.2 Å². The second kappa shape index (κ2) is 9.98. The molecule has 0 bridgehead atoms. The van der Waals surface area contributed by atoms with Gasteiger partial charge in [0.15, 0.2) is 11.5 Å². The fraction of sp³-hybridized carbons (Fsp3) is 0.348. The zero-order valence-corrected chi connectivity index (χ0v) is 17.3. The van der Waals surface area contributed by atoms with Crippen molar-refractivity contribution in [2.75, 3.05) is 54.1 Å². The van der Waals surface area contributed by atoms with Crippen molar-refractivity contribution in [3.63, 3.8) is 0 Å². The molecule has 0 atom stereocenters. The highest BCUT2D eigenvalue weighted by Gasteiger charge is 2.26. The molecule has 0 radical (unpaired) electrons. The van der Waals surface area contributed by atoms with E-state index >= 15 is 0 Å². The molecule has 0 aliphatic carbocycles. The summed E-state index contributed by atoms with van der Waals surface area (Å²) in [6.45, 7) is 3.89. The Morgan fingerprint density at radius 2 is 1.59 bits per heavy atom. The third-order valence-corrected chi connectivity index (χ3v) is 5.07. The lowest BCUT2D eigenvalue weighted by atomic mass is 10.1. The summed E-state index contributed by atoms with van der Waals surface area (Å²) < 4.78 is 16.2. The molecular formula is C23H28N2O4. The van der Waals surface area contributed by atoms with Gasteiger partial charge < -0.3 is 19.1 Å². The number of benzene rings is 2. The van der Waals surface area contributed by atoms with Crippen molar-refractivity contribution in [3.05, 3.63) is 59.7 Å². The molecule has 2 aromatic rings. The highest BCUT2D eigenvalue weighted by molar-refractivity contribution is 5.98. The van der Waals surface area contributed by atoms with Gasteiger partial charge in [0.2, 0.25) is 5.75 Å². The van der Waals surface area contributed by atoms with Crippen LogP contribution in [0.15, 0.2) is 48.5 Å². The number of ether oxygens (including phenoxy) is 3. The summed E-state index contributed by atoms with van der Waals surface area (Å²) in [5.41, 5.74) is 1.68. The third kappa shape index (κ3) is 4.90. The first kappa shape index (κ1) is 20.7. The van der Waals surface area contributed by atoms with E-state index in [0.717, 1.165) is 19.6 Å². The van der Waals surface area contributed by atoms with E-state index < -0.39 is 0 Å². The van der Waals surface area contributed by atoms with E-state index in [0.29, 0.717) is 35.9 Å². The fourth-order valence-electron chi connectivity index (χ4n) is 3.48. The molecule has 3 rings (SSSR count). The number of hydrogen-bond acceptors (Lipinski definition) is 5. The molecule has 1 heterocycles. The lowest BCUT2D eigenvalue weighted by molar-refractivity contribution is 0.0646. The molecule has 0 spiro atoms. The van der Waals surface area contributed by atoms with Crippen LogP contribution in [-0.2, 0) is 0 Å². The first-order chi connectivity index (χ1) is 14.2. The maximum absolute atomic E-state index is 13.1. The number of hydrogen-bond donors (Lipinski definition) is 0. The van der Waals surface area contributed by atoms with Gasteiger partial charge >= 0.3 is 0 Å². The van der Waals surface area contributed by atoms with Gasteiger partial charge in [-0.05, 0) is 17.7 Å². The van der Waals surface area contributed by atoms with Gasteiger partial charge in [0.1, 0.15) is 0 Å². The lowest BCUT2D eigenvalue weighted by Crippen LogP contribution is -2.48. The van der Waals surface area contributed by atoms with Gasteiger partial charge in [-0.15, -0.1) is 0 Å². The van der Waals surface area contributed by atoms with Crippen molar-refractivity contribution in [3.8, 4) is 17.2 Å². The first-order valence-corrected chi connectivity index (χ1v) is 9.70. The Morgan fingerprint density at radius 3 is 2.21 bits per heavy atom. The Balaban J connectivity index is 1.61. The molecule has 1 amide bonds. The Kier molecular flexibility index (Phi) is 7.14. The zero-order chi connectivity index (χ0) is 20.6. The second-order valence-electron chi connectivity index (χ2n) is 6.79. The first-order valence-electron chi connectivity index (χ1n) is 9.70. The topological polar surface area (TPSA) is 51.2 Å². The van der Waals surface area contributed by atoms with Crippen LogP contribution in [0.1, 0.15) is 15.9 Å². The van der Waals surface area contributed by atoms with E-state index in [9.17, 15) is 4.79 Å². The minimum absolute atomic E-state index is 0.0534. The molecule has 0 unspecified atom stereocenters. The summed E-state index contributed by atoms with van der Waals surface area (Å²) in [5, 5.41) is 0. The summed E-state index contributed by atoms with van der Waals surface area (Å²) in [5.74, 6) is 1.33.